The molecule has 2 heterocycles. The molecule has 0 saturated heterocycles. The molecule has 0 aliphatic carbocycles. The highest BCUT2D eigenvalue weighted by Gasteiger charge is 2.17. The minimum absolute atomic E-state index is 0.199. The molecule has 3 rings (SSSR count). The molecule has 112 valence electrons. The van der Waals surface area contributed by atoms with E-state index in [4.69, 9.17) is 4.74 Å². The number of esters is 1. The smallest absolute Gasteiger partial charge is 0.355 e. The summed E-state index contributed by atoms with van der Waals surface area (Å²) in [6.07, 6.45) is 3.98. The number of hydrogen-bond donors (Lipinski definition) is 0. The Morgan fingerprint density at radius 3 is 2.82 bits per heavy atom. The van der Waals surface area contributed by atoms with Gasteiger partial charge in [0.15, 0.2) is 0 Å². The predicted octanol–water partition coefficient (Wildman–Crippen LogP) is 3.36. The van der Waals surface area contributed by atoms with Crippen molar-refractivity contribution in [1.82, 2.24) is 9.55 Å². The van der Waals surface area contributed by atoms with Crippen molar-refractivity contribution in [2.75, 3.05) is 0 Å². The number of fused-ring (bicyclic) bond motifs is 1. The van der Waals surface area contributed by atoms with Gasteiger partial charge in [-0.1, -0.05) is 24.3 Å². The van der Waals surface area contributed by atoms with Crippen LogP contribution in [0.25, 0.3) is 10.9 Å². The van der Waals surface area contributed by atoms with Gasteiger partial charge in [-0.2, -0.15) is 0 Å². The lowest BCUT2D eigenvalue weighted by atomic mass is 10.1. The lowest BCUT2D eigenvalue weighted by Gasteiger charge is -2.13. The van der Waals surface area contributed by atoms with E-state index >= 15 is 0 Å². The maximum Gasteiger partial charge on any atom is 0.355 e. The van der Waals surface area contributed by atoms with E-state index < -0.39 is 0 Å². The number of rotatable bonds is 4. The zero-order chi connectivity index (χ0) is 15.5. The zero-order valence-corrected chi connectivity index (χ0v) is 12.7. The number of carbonyl (C=O) groups is 1. The molecule has 0 aliphatic heterocycles. The fourth-order valence-corrected chi connectivity index (χ4v) is 2.62. The summed E-state index contributed by atoms with van der Waals surface area (Å²) in [5, 5.41) is 1.04. The molecule has 0 aliphatic rings. The maximum atomic E-state index is 12.4. The first-order valence-corrected chi connectivity index (χ1v) is 7.29. The number of hydrogen-bond acceptors (Lipinski definition) is 3. The van der Waals surface area contributed by atoms with Crippen LogP contribution in [0.4, 0.5) is 0 Å². The molecular weight excluding hydrogens is 276 g/mol. The van der Waals surface area contributed by atoms with E-state index in [1.807, 2.05) is 61.0 Å². The number of ether oxygens (including phenoxy) is 1. The largest absolute Gasteiger partial charge is 0.458 e. The number of aromatic nitrogens is 2. The summed E-state index contributed by atoms with van der Waals surface area (Å²) in [5.41, 5.74) is 2.65. The fourth-order valence-electron chi connectivity index (χ4n) is 2.62. The molecule has 0 fully saturated rings. The second kappa shape index (κ2) is 6.02. The van der Waals surface area contributed by atoms with E-state index in [0.717, 1.165) is 16.5 Å². The normalized spacial score (nSPS) is 12.3. The molecule has 0 bridgehead atoms. The molecule has 22 heavy (non-hydrogen) atoms. The Morgan fingerprint density at radius 2 is 2.09 bits per heavy atom. The average molecular weight is 294 g/mol. The van der Waals surface area contributed by atoms with Crippen LogP contribution in [-0.2, 0) is 18.2 Å². The summed E-state index contributed by atoms with van der Waals surface area (Å²) in [6.45, 7) is 1.90. The first-order valence-electron chi connectivity index (χ1n) is 7.29. The lowest BCUT2D eigenvalue weighted by Crippen LogP contribution is -2.19. The molecule has 0 unspecified atom stereocenters. The second-order valence-corrected chi connectivity index (χ2v) is 5.43. The van der Waals surface area contributed by atoms with Gasteiger partial charge >= 0.3 is 5.97 Å². The Kier molecular flexibility index (Phi) is 3.92. The highest BCUT2D eigenvalue weighted by atomic mass is 16.5. The van der Waals surface area contributed by atoms with Gasteiger partial charge in [-0.3, -0.25) is 4.98 Å². The Hall–Kier alpha value is -2.62. The van der Waals surface area contributed by atoms with E-state index in [2.05, 4.69) is 4.98 Å². The van der Waals surface area contributed by atoms with Crippen LogP contribution in [0.15, 0.2) is 54.9 Å². The van der Waals surface area contributed by atoms with Crippen molar-refractivity contribution in [3.05, 3.63) is 66.1 Å². The molecule has 0 amide bonds. The van der Waals surface area contributed by atoms with Crippen molar-refractivity contribution in [2.45, 2.75) is 19.4 Å². The van der Waals surface area contributed by atoms with E-state index in [-0.39, 0.29) is 12.1 Å². The molecule has 4 nitrogen and oxygen atoms in total. The minimum atomic E-state index is -0.296. The topological polar surface area (TPSA) is 44.1 Å². The molecule has 2 aromatic heterocycles. The predicted molar refractivity (Wildman–Crippen MR) is 85.7 cm³/mol. The molecule has 0 radical (unpaired) electrons. The van der Waals surface area contributed by atoms with Crippen LogP contribution >= 0.6 is 0 Å². The molecule has 0 N–H and O–H groups in total. The van der Waals surface area contributed by atoms with Gasteiger partial charge in [-0.25, -0.2) is 4.79 Å². The quantitative estimate of drug-likeness (QED) is 0.693. The van der Waals surface area contributed by atoms with Gasteiger partial charge in [0.2, 0.25) is 0 Å². The van der Waals surface area contributed by atoms with Gasteiger partial charge in [0.25, 0.3) is 0 Å². The molecular formula is C18H18N2O2. The fraction of sp³-hybridized carbons (Fsp3) is 0.222. The van der Waals surface area contributed by atoms with Crippen LogP contribution in [0, 0.1) is 0 Å². The van der Waals surface area contributed by atoms with Crippen molar-refractivity contribution in [2.24, 2.45) is 7.05 Å². The number of carbonyl (C=O) groups excluding carboxylic acids is 1. The molecule has 4 heteroatoms. The summed E-state index contributed by atoms with van der Waals surface area (Å²) in [7, 11) is 1.88. The van der Waals surface area contributed by atoms with Crippen molar-refractivity contribution in [1.29, 1.82) is 0 Å². The van der Waals surface area contributed by atoms with Crippen LogP contribution in [0.3, 0.4) is 0 Å². The molecule has 1 aromatic carbocycles. The monoisotopic (exact) mass is 294 g/mol. The van der Waals surface area contributed by atoms with Gasteiger partial charge in [0.1, 0.15) is 11.8 Å². The van der Waals surface area contributed by atoms with Crippen molar-refractivity contribution in [3.63, 3.8) is 0 Å². The van der Waals surface area contributed by atoms with Gasteiger partial charge in [-0.05, 0) is 30.7 Å². The summed E-state index contributed by atoms with van der Waals surface area (Å²) >= 11 is 0. The lowest BCUT2D eigenvalue weighted by molar-refractivity contribution is 0.0332. The first-order chi connectivity index (χ1) is 10.6. The van der Waals surface area contributed by atoms with E-state index in [1.165, 1.54) is 0 Å². The number of para-hydroxylation sites is 1. The Balaban J connectivity index is 1.74. The Labute approximate surface area is 129 Å². The van der Waals surface area contributed by atoms with E-state index in [1.54, 1.807) is 12.4 Å². The van der Waals surface area contributed by atoms with Crippen LogP contribution in [0.5, 0.6) is 0 Å². The third-order valence-corrected chi connectivity index (χ3v) is 3.71. The summed E-state index contributed by atoms with van der Waals surface area (Å²) < 4.78 is 7.43. The number of benzene rings is 1. The zero-order valence-electron chi connectivity index (χ0n) is 12.7. The maximum absolute atomic E-state index is 12.4. The van der Waals surface area contributed by atoms with Crippen LogP contribution < -0.4 is 0 Å². The Bertz CT molecular complexity index is 793. The number of pyridine rings is 1. The van der Waals surface area contributed by atoms with Crippen molar-refractivity contribution in [3.8, 4) is 0 Å². The van der Waals surface area contributed by atoms with Gasteiger partial charge in [0.05, 0.1) is 0 Å². The summed E-state index contributed by atoms with van der Waals surface area (Å²) in [6, 6.07) is 13.6. The molecule has 3 aromatic rings. The SMILES string of the molecule is C[C@H](Cc1cccnc1)OC(=O)c1cc2ccccc2n1C. The summed E-state index contributed by atoms with van der Waals surface area (Å²) in [5.74, 6) is -0.296. The van der Waals surface area contributed by atoms with Crippen LogP contribution in [-0.4, -0.2) is 21.6 Å². The highest BCUT2D eigenvalue weighted by molar-refractivity contribution is 5.95. The second-order valence-electron chi connectivity index (χ2n) is 5.43. The summed E-state index contributed by atoms with van der Waals surface area (Å²) in [4.78, 5) is 16.5. The van der Waals surface area contributed by atoms with Gasteiger partial charge in [0, 0.05) is 36.8 Å². The highest BCUT2D eigenvalue weighted by Crippen LogP contribution is 2.19. The average Bonchev–Trinajstić information content (AvgIpc) is 2.86. The Morgan fingerprint density at radius 1 is 1.27 bits per heavy atom. The van der Waals surface area contributed by atoms with Crippen LogP contribution in [0.1, 0.15) is 23.0 Å². The van der Waals surface area contributed by atoms with Gasteiger partial charge in [-0.15, -0.1) is 0 Å². The molecule has 0 spiro atoms. The van der Waals surface area contributed by atoms with Gasteiger partial charge < -0.3 is 9.30 Å². The molecule has 1 atom stereocenters. The third-order valence-electron chi connectivity index (χ3n) is 3.71. The van der Waals surface area contributed by atoms with E-state index in [0.29, 0.717) is 12.1 Å². The third kappa shape index (κ3) is 2.86. The van der Waals surface area contributed by atoms with Crippen LogP contribution in [0.2, 0.25) is 0 Å². The molecule has 0 saturated carbocycles. The number of nitrogens with zero attached hydrogens (tertiary/aromatic N) is 2. The van der Waals surface area contributed by atoms with E-state index in [9.17, 15) is 4.79 Å². The minimum Gasteiger partial charge on any atom is -0.458 e. The van der Waals surface area contributed by atoms with Crippen molar-refractivity contribution < 1.29 is 9.53 Å². The van der Waals surface area contributed by atoms with Crippen molar-refractivity contribution >= 4 is 16.9 Å². The first kappa shape index (κ1) is 14.3. The number of aryl methyl sites for hydroxylation is 1. The standard InChI is InChI=1S/C18H18N2O2/c1-13(10-14-6-5-9-19-12-14)22-18(21)17-11-15-7-3-4-8-16(15)20(17)2/h3-9,11-13H,10H2,1-2H3/t13-/m1/s1.